The Morgan fingerprint density at radius 3 is 2.00 bits per heavy atom. The summed E-state index contributed by atoms with van der Waals surface area (Å²) in [6.07, 6.45) is 1.56. The predicted octanol–water partition coefficient (Wildman–Crippen LogP) is 5.28. The molecule has 0 aliphatic heterocycles. The molecule has 3 aromatic carbocycles. The molecule has 4 rings (SSSR count). The highest BCUT2D eigenvalue weighted by molar-refractivity contribution is 6.36. The van der Waals surface area contributed by atoms with Crippen molar-refractivity contribution in [2.24, 2.45) is 0 Å². The van der Waals surface area contributed by atoms with Crippen molar-refractivity contribution in [2.75, 3.05) is 0 Å². The Morgan fingerprint density at radius 2 is 1.38 bits per heavy atom. The lowest BCUT2D eigenvalue weighted by atomic mass is 9.96. The fraction of sp³-hybridized carbons (Fsp3) is 0.0500. The molecule has 0 saturated carbocycles. The van der Waals surface area contributed by atoms with Gasteiger partial charge >= 0.3 is 0 Å². The third kappa shape index (κ3) is 3.21. The van der Waals surface area contributed by atoms with Gasteiger partial charge in [0.2, 0.25) is 0 Å². The Morgan fingerprint density at radius 1 is 0.731 bits per heavy atom. The van der Waals surface area contributed by atoms with Crippen molar-refractivity contribution in [1.29, 1.82) is 0 Å². The van der Waals surface area contributed by atoms with Gasteiger partial charge in [0.1, 0.15) is 12.4 Å². The minimum Gasteiger partial charge on any atom is -0.220 e. The Bertz CT molecular complexity index is 980. The average molecular weight is 381 g/mol. The monoisotopic (exact) mass is 380 g/mol. The van der Waals surface area contributed by atoms with E-state index in [-0.39, 0.29) is 6.04 Å². The standard InChI is InChI=1S/C20H14Cl2N4/c21-17-7-4-8-18(22)19(17)20(26-13-23-24-25-26)16-11-9-15(10-12-16)14-5-2-1-3-6-14/h1-13,20H. The maximum atomic E-state index is 6.45. The summed E-state index contributed by atoms with van der Waals surface area (Å²) in [4.78, 5) is 0. The van der Waals surface area contributed by atoms with Crippen LogP contribution >= 0.6 is 23.2 Å². The van der Waals surface area contributed by atoms with Gasteiger partial charge in [-0.15, -0.1) is 5.10 Å². The molecule has 0 spiro atoms. The van der Waals surface area contributed by atoms with Crippen molar-refractivity contribution in [3.63, 3.8) is 0 Å². The number of aromatic nitrogens is 4. The Balaban J connectivity index is 1.81. The summed E-state index contributed by atoms with van der Waals surface area (Å²) in [5, 5.41) is 12.7. The molecule has 0 aliphatic carbocycles. The molecular weight excluding hydrogens is 367 g/mol. The number of tetrazole rings is 1. The first-order chi connectivity index (χ1) is 12.7. The fourth-order valence-corrected chi connectivity index (χ4v) is 3.60. The number of rotatable bonds is 4. The second-order valence-corrected chi connectivity index (χ2v) is 6.63. The predicted molar refractivity (Wildman–Crippen MR) is 103 cm³/mol. The minimum absolute atomic E-state index is 0.309. The molecule has 128 valence electrons. The van der Waals surface area contributed by atoms with Crippen molar-refractivity contribution in [2.45, 2.75) is 6.04 Å². The molecule has 4 aromatic rings. The Kier molecular flexibility index (Phi) is 4.69. The normalized spacial score (nSPS) is 12.1. The van der Waals surface area contributed by atoms with Gasteiger partial charge in [-0.3, -0.25) is 0 Å². The number of hydrogen-bond donors (Lipinski definition) is 0. The maximum absolute atomic E-state index is 6.45. The van der Waals surface area contributed by atoms with Gasteiger partial charge in [-0.1, -0.05) is 83.9 Å². The molecule has 6 heteroatoms. The van der Waals surface area contributed by atoms with Crippen molar-refractivity contribution >= 4 is 23.2 Å². The summed E-state index contributed by atoms with van der Waals surface area (Å²) in [5.41, 5.74) is 4.06. The molecule has 0 saturated heterocycles. The molecule has 1 unspecified atom stereocenters. The summed E-state index contributed by atoms with van der Waals surface area (Å²) in [7, 11) is 0. The van der Waals surface area contributed by atoms with E-state index >= 15 is 0 Å². The van der Waals surface area contributed by atoms with E-state index in [0.717, 1.165) is 22.3 Å². The lowest BCUT2D eigenvalue weighted by Crippen LogP contribution is -2.14. The molecular formula is C20H14Cl2N4. The fourth-order valence-electron chi connectivity index (χ4n) is 3.00. The van der Waals surface area contributed by atoms with Crippen LogP contribution in [0.5, 0.6) is 0 Å². The second-order valence-electron chi connectivity index (χ2n) is 5.82. The number of benzene rings is 3. The van der Waals surface area contributed by atoms with Crippen LogP contribution in [0.3, 0.4) is 0 Å². The quantitative estimate of drug-likeness (QED) is 0.483. The van der Waals surface area contributed by atoms with E-state index in [0.29, 0.717) is 10.0 Å². The summed E-state index contributed by atoms with van der Waals surface area (Å²) < 4.78 is 1.66. The van der Waals surface area contributed by atoms with E-state index in [1.807, 2.05) is 48.5 Å². The van der Waals surface area contributed by atoms with Gasteiger partial charge in [0, 0.05) is 15.6 Å². The Hall–Kier alpha value is -2.69. The highest BCUT2D eigenvalue weighted by Gasteiger charge is 2.23. The van der Waals surface area contributed by atoms with Crippen LogP contribution in [0.25, 0.3) is 11.1 Å². The van der Waals surface area contributed by atoms with Crippen molar-refractivity contribution in [3.05, 3.63) is 100 Å². The molecule has 0 aliphatic rings. The van der Waals surface area contributed by atoms with Crippen LogP contribution < -0.4 is 0 Å². The lowest BCUT2D eigenvalue weighted by Gasteiger charge is -2.20. The van der Waals surface area contributed by atoms with Gasteiger partial charge in [-0.2, -0.15) is 0 Å². The molecule has 0 bridgehead atoms. The topological polar surface area (TPSA) is 43.6 Å². The van der Waals surface area contributed by atoms with Crippen molar-refractivity contribution < 1.29 is 0 Å². The van der Waals surface area contributed by atoms with Crippen LogP contribution in [-0.2, 0) is 0 Å². The number of halogens is 2. The second kappa shape index (κ2) is 7.28. The summed E-state index contributed by atoms with van der Waals surface area (Å²) in [6.45, 7) is 0. The van der Waals surface area contributed by atoms with E-state index in [1.165, 1.54) is 0 Å². The molecule has 1 aromatic heterocycles. The first kappa shape index (κ1) is 16.8. The first-order valence-corrected chi connectivity index (χ1v) is 8.81. The molecule has 4 nitrogen and oxygen atoms in total. The van der Waals surface area contributed by atoms with Crippen LogP contribution in [0.15, 0.2) is 79.1 Å². The van der Waals surface area contributed by atoms with Crippen LogP contribution in [0.1, 0.15) is 17.2 Å². The van der Waals surface area contributed by atoms with Gasteiger partial charge < -0.3 is 0 Å². The minimum atomic E-state index is -0.309. The summed E-state index contributed by atoms with van der Waals surface area (Å²) >= 11 is 12.9. The molecule has 1 heterocycles. The zero-order valence-electron chi connectivity index (χ0n) is 13.6. The van der Waals surface area contributed by atoms with E-state index in [9.17, 15) is 0 Å². The smallest absolute Gasteiger partial charge is 0.139 e. The van der Waals surface area contributed by atoms with Crippen molar-refractivity contribution in [1.82, 2.24) is 20.2 Å². The van der Waals surface area contributed by atoms with Gasteiger partial charge in [0.15, 0.2) is 0 Å². The van der Waals surface area contributed by atoms with Crippen LogP contribution in [0, 0.1) is 0 Å². The zero-order valence-corrected chi connectivity index (χ0v) is 15.1. The lowest BCUT2D eigenvalue weighted by molar-refractivity contribution is 0.571. The van der Waals surface area contributed by atoms with E-state index in [4.69, 9.17) is 23.2 Å². The molecule has 0 fully saturated rings. The zero-order chi connectivity index (χ0) is 17.9. The van der Waals surface area contributed by atoms with E-state index in [1.54, 1.807) is 11.0 Å². The van der Waals surface area contributed by atoms with Gasteiger partial charge in [-0.05, 0) is 39.2 Å². The Labute approximate surface area is 161 Å². The highest BCUT2D eigenvalue weighted by atomic mass is 35.5. The first-order valence-electron chi connectivity index (χ1n) is 8.06. The van der Waals surface area contributed by atoms with E-state index < -0.39 is 0 Å². The molecule has 0 radical (unpaired) electrons. The van der Waals surface area contributed by atoms with Crippen LogP contribution in [0.2, 0.25) is 10.0 Å². The van der Waals surface area contributed by atoms with Crippen LogP contribution in [-0.4, -0.2) is 20.2 Å². The third-order valence-corrected chi connectivity index (χ3v) is 4.90. The largest absolute Gasteiger partial charge is 0.220 e. The maximum Gasteiger partial charge on any atom is 0.139 e. The molecule has 1 atom stereocenters. The van der Waals surface area contributed by atoms with Gasteiger partial charge in [0.25, 0.3) is 0 Å². The number of hydrogen-bond acceptors (Lipinski definition) is 3. The highest BCUT2D eigenvalue weighted by Crippen LogP contribution is 2.36. The molecule has 26 heavy (non-hydrogen) atoms. The average Bonchev–Trinajstić information content (AvgIpc) is 3.20. The molecule has 0 amide bonds. The van der Waals surface area contributed by atoms with Crippen molar-refractivity contribution in [3.8, 4) is 11.1 Å². The molecule has 0 N–H and O–H groups in total. The summed E-state index contributed by atoms with van der Waals surface area (Å²) in [6, 6.07) is 23.6. The SMILES string of the molecule is Clc1cccc(Cl)c1C(c1ccc(-c2ccccc2)cc1)n1cnnn1. The summed E-state index contributed by atoms with van der Waals surface area (Å²) in [5.74, 6) is 0. The van der Waals surface area contributed by atoms with E-state index in [2.05, 4.69) is 39.8 Å². The van der Waals surface area contributed by atoms with Gasteiger partial charge in [0.05, 0.1) is 0 Å². The third-order valence-electron chi connectivity index (χ3n) is 4.24. The van der Waals surface area contributed by atoms with Crippen LogP contribution in [0.4, 0.5) is 0 Å². The number of nitrogens with zero attached hydrogens (tertiary/aromatic N) is 4. The van der Waals surface area contributed by atoms with Gasteiger partial charge in [-0.25, -0.2) is 4.68 Å².